The number of aromatic nitrogens is 2. The molecule has 0 aliphatic heterocycles. The molecule has 0 fully saturated rings. The predicted molar refractivity (Wildman–Crippen MR) is 89.6 cm³/mol. The van der Waals surface area contributed by atoms with E-state index in [1.54, 1.807) is 30.4 Å². The molecule has 118 valence electrons. The number of fused-ring (bicyclic) bond motifs is 1. The second-order valence-electron chi connectivity index (χ2n) is 4.83. The minimum Gasteiger partial charge on any atom is -0.462 e. The lowest BCUT2D eigenvalue weighted by molar-refractivity contribution is 0.0530. The number of hydrogen-bond acceptors (Lipinski definition) is 5. The van der Waals surface area contributed by atoms with Gasteiger partial charge in [-0.25, -0.2) is 9.78 Å². The van der Waals surface area contributed by atoms with E-state index in [-0.39, 0.29) is 0 Å². The van der Waals surface area contributed by atoms with Gasteiger partial charge in [0.1, 0.15) is 16.3 Å². The van der Waals surface area contributed by atoms with E-state index in [9.17, 15) is 9.59 Å². The fourth-order valence-electron chi connectivity index (χ4n) is 2.39. The Kier molecular flexibility index (Phi) is 4.19. The van der Waals surface area contributed by atoms with Crippen molar-refractivity contribution in [3.8, 4) is 11.3 Å². The number of esters is 1. The molecular formula is C16H13ClN2O3S. The lowest BCUT2D eigenvalue weighted by Gasteiger charge is -2.02. The Morgan fingerprint density at radius 2 is 2.09 bits per heavy atom. The van der Waals surface area contributed by atoms with Crippen molar-refractivity contribution >= 4 is 40.2 Å². The lowest BCUT2D eigenvalue weighted by Crippen LogP contribution is -2.05. The second kappa shape index (κ2) is 6.14. The Morgan fingerprint density at radius 3 is 2.70 bits per heavy atom. The maximum Gasteiger partial charge on any atom is 0.350 e. The summed E-state index contributed by atoms with van der Waals surface area (Å²) in [6.07, 6.45) is 0.749. The molecular weight excluding hydrogens is 336 g/mol. The van der Waals surface area contributed by atoms with E-state index in [1.165, 1.54) is 11.3 Å². The maximum absolute atomic E-state index is 12.0. The van der Waals surface area contributed by atoms with Crippen LogP contribution >= 0.6 is 22.9 Å². The molecule has 0 radical (unpaired) electrons. The molecule has 2 aromatic heterocycles. The number of nitrogens with zero attached hydrogens (tertiary/aromatic N) is 2. The minimum atomic E-state index is -0.398. The zero-order valence-corrected chi connectivity index (χ0v) is 14.1. The SMILES string of the molecule is CCOC(=O)c1sc2nc(-c3ccc(Cl)cc3)c(C=O)n2c1C. The van der Waals surface area contributed by atoms with Crippen LogP contribution in [0.25, 0.3) is 16.2 Å². The molecule has 0 amide bonds. The van der Waals surface area contributed by atoms with Crippen molar-refractivity contribution in [3.05, 3.63) is 45.6 Å². The third-order valence-electron chi connectivity index (χ3n) is 3.43. The Morgan fingerprint density at radius 1 is 1.39 bits per heavy atom. The molecule has 0 N–H and O–H groups in total. The first-order chi connectivity index (χ1) is 11.1. The number of carbonyl (C=O) groups excluding carboxylic acids is 2. The first-order valence-electron chi connectivity index (χ1n) is 6.97. The van der Waals surface area contributed by atoms with Crippen molar-refractivity contribution in [3.63, 3.8) is 0 Å². The van der Waals surface area contributed by atoms with Crippen molar-refractivity contribution in [2.45, 2.75) is 13.8 Å². The average Bonchev–Trinajstić information content (AvgIpc) is 3.05. The summed E-state index contributed by atoms with van der Waals surface area (Å²) in [6.45, 7) is 3.83. The zero-order chi connectivity index (χ0) is 16.6. The standard InChI is InChI=1S/C16H13ClN2O3S/c1-3-22-15(21)14-9(2)19-12(8-20)13(18-16(19)23-14)10-4-6-11(17)7-5-10/h4-8H,3H2,1-2H3. The van der Waals surface area contributed by atoms with Gasteiger partial charge in [-0.2, -0.15) is 0 Å². The largest absolute Gasteiger partial charge is 0.462 e. The van der Waals surface area contributed by atoms with Crippen LogP contribution in [0.1, 0.15) is 32.8 Å². The molecule has 0 bridgehead atoms. The quantitative estimate of drug-likeness (QED) is 0.528. The molecule has 0 saturated carbocycles. The van der Waals surface area contributed by atoms with Gasteiger partial charge < -0.3 is 4.74 Å². The second-order valence-corrected chi connectivity index (χ2v) is 6.24. The fourth-order valence-corrected chi connectivity index (χ4v) is 3.54. The van der Waals surface area contributed by atoms with Crippen LogP contribution in [-0.2, 0) is 4.74 Å². The smallest absolute Gasteiger partial charge is 0.350 e. The number of thiazole rings is 1. The molecule has 0 unspecified atom stereocenters. The normalized spacial score (nSPS) is 10.9. The third-order valence-corrected chi connectivity index (χ3v) is 4.80. The average molecular weight is 349 g/mol. The van der Waals surface area contributed by atoms with Crippen LogP contribution < -0.4 is 0 Å². The van der Waals surface area contributed by atoms with Gasteiger partial charge in [-0.05, 0) is 26.0 Å². The molecule has 0 aliphatic rings. The van der Waals surface area contributed by atoms with Crippen LogP contribution in [0, 0.1) is 6.92 Å². The highest BCUT2D eigenvalue weighted by molar-refractivity contribution is 7.19. The molecule has 0 saturated heterocycles. The Hall–Kier alpha value is -2.18. The van der Waals surface area contributed by atoms with Crippen molar-refractivity contribution in [2.24, 2.45) is 0 Å². The van der Waals surface area contributed by atoms with E-state index in [2.05, 4.69) is 4.98 Å². The molecule has 3 rings (SSSR count). The molecule has 0 aliphatic carbocycles. The number of rotatable bonds is 4. The third kappa shape index (κ3) is 2.64. The van der Waals surface area contributed by atoms with E-state index >= 15 is 0 Å². The van der Waals surface area contributed by atoms with Crippen LogP contribution in [0.15, 0.2) is 24.3 Å². The summed E-state index contributed by atoms with van der Waals surface area (Å²) >= 11 is 7.11. The van der Waals surface area contributed by atoms with Gasteiger partial charge in [0.05, 0.1) is 6.61 Å². The van der Waals surface area contributed by atoms with E-state index in [0.29, 0.717) is 38.5 Å². The van der Waals surface area contributed by atoms with E-state index in [1.807, 2.05) is 12.1 Å². The number of imidazole rings is 1. The molecule has 7 heteroatoms. The van der Waals surface area contributed by atoms with E-state index in [4.69, 9.17) is 16.3 Å². The summed E-state index contributed by atoms with van der Waals surface area (Å²) in [6, 6.07) is 7.11. The molecule has 5 nitrogen and oxygen atoms in total. The zero-order valence-electron chi connectivity index (χ0n) is 12.5. The van der Waals surface area contributed by atoms with E-state index < -0.39 is 5.97 Å². The van der Waals surface area contributed by atoms with Gasteiger partial charge in [-0.1, -0.05) is 35.1 Å². The topological polar surface area (TPSA) is 60.7 Å². The molecule has 3 aromatic rings. The van der Waals surface area contributed by atoms with Crippen molar-refractivity contribution in [2.75, 3.05) is 6.61 Å². The number of aldehydes is 1. The minimum absolute atomic E-state index is 0.301. The summed E-state index contributed by atoms with van der Waals surface area (Å²) in [7, 11) is 0. The molecule has 0 atom stereocenters. The predicted octanol–water partition coefficient (Wildman–Crippen LogP) is 4.01. The highest BCUT2D eigenvalue weighted by Gasteiger charge is 2.23. The Balaban J connectivity index is 2.18. The van der Waals surface area contributed by atoms with Crippen molar-refractivity contribution < 1.29 is 14.3 Å². The summed E-state index contributed by atoms with van der Waals surface area (Å²) < 4.78 is 6.72. The maximum atomic E-state index is 12.0. The summed E-state index contributed by atoms with van der Waals surface area (Å²) in [5, 5.41) is 0.614. The van der Waals surface area contributed by atoms with Gasteiger partial charge in [0.15, 0.2) is 11.2 Å². The number of benzene rings is 1. The van der Waals surface area contributed by atoms with Gasteiger partial charge >= 0.3 is 5.97 Å². The fraction of sp³-hybridized carbons (Fsp3) is 0.188. The number of aryl methyl sites for hydroxylation is 1. The van der Waals surface area contributed by atoms with Crippen LogP contribution in [0.3, 0.4) is 0 Å². The van der Waals surface area contributed by atoms with Crippen LogP contribution in [0.4, 0.5) is 0 Å². The van der Waals surface area contributed by atoms with Gasteiger partial charge in [0.25, 0.3) is 0 Å². The molecule has 2 heterocycles. The number of ether oxygens (including phenoxy) is 1. The van der Waals surface area contributed by atoms with Gasteiger partial charge in [0.2, 0.25) is 0 Å². The van der Waals surface area contributed by atoms with Gasteiger partial charge in [-0.3, -0.25) is 9.20 Å². The van der Waals surface area contributed by atoms with Crippen LogP contribution in [0.2, 0.25) is 5.02 Å². The lowest BCUT2D eigenvalue weighted by atomic mass is 10.1. The van der Waals surface area contributed by atoms with Crippen LogP contribution in [-0.4, -0.2) is 28.2 Å². The Labute approximate surface area is 141 Å². The molecule has 0 spiro atoms. The van der Waals surface area contributed by atoms with E-state index in [0.717, 1.165) is 11.8 Å². The Bertz CT molecular complexity index is 896. The summed E-state index contributed by atoms with van der Waals surface area (Å²) in [4.78, 5) is 29.1. The highest BCUT2D eigenvalue weighted by Crippen LogP contribution is 2.31. The highest BCUT2D eigenvalue weighted by atomic mass is 35.5. The van der Waals surface area contributed by atoms with Crippen molar-refractivity contribution in [1.29, 1.82) is 0 Å². The van der Waals surface area contributed by atoms with Gasteiger partial charge in [-0.15, -0.1) is 0 Å². The first kappa shape index (κ1) is 15.7. The molecule has 23 heavy (non-hydrogen) atoms. The number of hydrogen-bond donors (Lipinski definition) is 0. The monoisotopic (exact) mass is 348 g/mol. The van der Waals surface area contributed by atoms with Gasteiger partial charge in [0, 0.05) is 16.3 Å². The van der Waals surface area contributed by atoms with Crippen molar-refractivity contribution in [1.82, 2.24) is 9.38 Å². The summed E-state index contributed by atoms with van der Waals surface area (Å²) in [5.74, 6) is -0.398. The van der Waals surface area contributed by atoms with Crippen LogP contribution in [0.5, 0.6) is 0 Å². The summed E-state index contributed by atoms with van der Waals surface area (Å²) in [5.41, 5.74) is 2.43. The number of halogens is 1. The number of carbonyl (C=O) groups is 2. The molecule has 1 aromatic carbocycles. The first-order valence-corrected chi connectivity index (χ1v) is 8.16.